The van der Waals surface area contributed by atoms with Gasteiger partial charge in [-0.2, -0.15) is 0 Å². The van der Waals surface area contributed by atoms with Crippen LogP contribution >= 0.6 is 23.4 Å². The summed E-state index contributed by atoms with van der Waals surface area (Å²) in [6.07, 6.45) is 1.75. The number of esters is 1. The van der Waals surface area contributed by atoms with Gasteiger partial charge in [-0.1, -0.05) is 45.7 Å². The van der Waals surface area contributed by atoms with E-state index in [1.54, 1.807) is 13.8 Å². The number of carbonyl (C=O) groups excluding carboxylic acids is 2. The van der Waals surface area contributed by atoms with Crippen LogP contribution in [0.3, 0.4) is 0 Å². The quantitative estimate of drug-likeness (QED) is 0.334. The standard InChI is InChI=1S/C19H27ClFNO3S/c1-6-7-8-25-19(24)13(5)26-17-10-16(15(21)9-14(17)20)22-18(23)12(4)11(2)3/h9-13H,6-8H2,1-5H3,(H,22,23). The Balaban J connectivity index is 2.86. The Kier molecular flexibility index (Phi) is 9.44. The molecule has 7 heteroatoms. The molecule has 2 atom stereocenters. The molecule has 1 aromatic carbocycles. The number of hydrogen-bond donors (Lipinski definition) is 1. The highest BCUT2D eigenvalue weighted by Crippen LogP contribution is 2.35. The van der Waals surface area contributed by atoms with E-state index >= 15 is 0 Å². The van der Waals surface area contributed by atoms with Crippen molar-refractivity contribution in [1.29, 1.82) is 0 Å². The average Bonchev–Trinajstić information content (AvgIpc) is 2.58. The number of halogens is 2. The Bertz CT molecular complexity index is 639. The number of carbonyl (C=O) groups is 2. The van der Waals surface area contributed by atoms with Crippen molar-refractivity contribution in [2.75, 3.05) is 11.9 Å². The van der Waals surface area contributed by atoms with E-state index < -0.39 is 11.1 Å². The fourth-order valence-corrected chi connectivity index (χ4v) is 3.12. The molecule has 0 aliphatic carbocycles. The van der Waals surface area contributed by atoms with Gasteiger partial charge in [0.15, 0.2) is 0 Å². The number of unbranched alkanes of at least 4 members (excludes halogenated alkanes) is 1. The third-order valence-electron chi connectivity index (χ3n) is 4.07. The van der Waals surface area contributed by atoms with Crippen molar-refractivity contribution in [3.8, 4) is 0 Å². The summed E-state index contributed by atoms with van der Waals surface area (Å²) in [6.45, 7) is 9.74. The molecule has 0 bridgehead atoms. The van der Waals surface area contributed by atoms with Gasteiger partial charge in [0.05, 0.1) is 17.3 Å². The Morgan fingerprint density at radius 1 is 1.27 bits per heavy atom. The maximum absolute atomic E-state index is 14.2. The van der Waals surface area contributed by atoms with Gasteiger partial charge in [0.1, 0.15) is 11.1 Å². The van der Waals surface area contributed by atoms with E-state index in [2.05, 4.69) is 5.32 Å². The van der Waals surface area contributed by atoms with Gasteiger partial charge in [-0.3, -0.25) is 9.59 Å². The van der Waals surface area contributed by atoms with Gasteiger partial charge >= 0.3 is 5.97 Å². The van der Waals surface area contributed by atoms with E-state index in [0.717, 1.165) is 18.9 Å². The number of thioether (sulfide) groups is 1. The van der Waals surface area contributed by atoms with Crippen LogP contribution in [-0.4, -0.2) is 23.7 Å². The molecular weight excluding hydrogens is 377 g/mol. The predicted octanol–water partition coefficient (Wildman–Crippen LogP) is 5.53. The topological polar surface area (TPSA) is 55.4 Å². The number of nitrogens with one attached hydrogen (secondary N) is 1. The molecule has 0 spiro atoms. The first-order valence-electron chi connectivity index (χ1n) is 8.80. The van der Waals surface area contributed by atoms with Crippen molar-refractivity contribution in [3.63, 3.8) is 0 Å². The number of ether oxygens (including phenoxy) is 1. The molecule has 0 saturated carbocycles. The van der Waals surface area contributed by atoms with Gasteiger partial charge in [0.2, 0.25) is 5.91 Å². The first-order chi connectivity index (χ1) is 12.2. The fraction of sp³-hybridized carbons (Fsp3) is 0.579. The molecule has 0 aliphatic heterocycles. The van der Waals surface area contributed by atoms with Gasteiger partial charge in [-0.05, 0) is 31.4 Å². The van der Waals surface area contributed by atoms with Crippen LogP contribution in [0, 0.1) is 17.7 Å². The van der Waals surface area contributed by atoms with Crippen LogP contribution in [-0.2, 0) is 14.3 Å². The Morgan fingerprint density at radius 3 is 2.50 bits per heavy atom. The van der Waals surface area contributed by atoms with E-state index in [9.17, 15) is 14.0 Å². The van der Waals surface area contributed by atoms with Crippen molar-refractivity contribution in [1.82, 2.24) is 0 Å². The van der Waals surface area contributed by atoms with Gasteiger partial charge in [0, 0.05) is 10.8 Å². The molecule has 2 unspecified atom stereocenters. The monoisotopic (exact) mass is 403 g/mol. The summed E-state index contributed by atoms with van der Waals surface area (Å²) in [5.41, 5.74) is 0.0564. The molecule has 146 valence electrons. The summed E-state index contributed by atoms with van der Waals surface area (Å²) < 4.78 is 19.3. The minimum absolute atomic E-state index is 0.0564. The lowest BCUT2D eigenvalue weighted by Crippen LogP contribution is -2.24. The van der Waals surface area contributed by atoms with Crippen molar-refractivity contribution >= 4 is 40.9 Å². The molecule has 0 radical (unpaired) electrons. The van der Waals surface area contributed by atoms with Crippen molar-refractivity contribution in [2.24, 2.45) is 11.8 Å². The molecule has 1 rings (SSSR count). The van der Waals surface area contributed by atoms with Gasteiger partial charge in [0.25, 0.3) is 0 Å². The largest absolute Gasteiger partial charge is 0.465 e. The molecule has 1 amide bonds. The van der Waals surface area contributed by atoms with Crippen molar-refractivity contribution < 1.29 is 18.7 Å². The smallest absolute Gasteiger partial charge is 0.319 e. The molecule has 0 heterocycles. The first kappa shape index (κ1) is 22.8. The number of rotatable bonds is 9. The number of anilines is 1. The Morgan fingerprint density at radius 2 is 1.92 bits per heavy atom. The number of hydrogen-bond acceptors (Lipinski definition) is 4. The van der Waals surface area contributed by atoms with Gasteiger partial charge in [-0.15, -0.1) is 11.8 Å². The fourth-order valence-electron chi connectivity index (χ4n) is 1.94. The van der Waals surface area contributed by atoms with Crippen molar-refractivity contribution in [2.45, 2.75) is 57.6 Å². The zero-order valence-electron chi connectivity index (χ0n) is 15.9. The molecule has 0 saturated heterocycles. The van der Waals surface area contributed by atoms with Gasteiger partial charge < -0.3 is 10.1 Å². The lowest BCUT2D eigenvalue weighted by Gasteiger charge is -2.17. The predicted molar refractivity (Wildman–Crippen MR) is 105 cm³/mol. The summed E-state index contributed by atoms with van der Waals surface area (Å²) >= 11 is 7.28. The lowest BCUT2D eigenvalue weighted by molar-refractivity contribution is -0.142. The van der Waals surface area contributed by atoms with Crippen LogP contribution < -0.4 is 5.32 Å². The number of benzene rings is 1. The molecule has 0 fully saturated rings. The summed E-state index contributed by atoms with van der Waals surface area (Å²) in [6, 6.07) is 2.61. The van der Waals surface area contributed by atoms with Crippen LogP contribution in [0.15, 0.2) is 17.0 Å². The zero-order chi connectivity index (χ0) is 19.9. The third-order valence-corrected chi connectivity index (χ3v) is 5.63. The van der Waals surface area contributed by atoms with Crippen LogP contribution in [0.5, 0.6) is 0 Å². The molecule has 0 aliphatic rings. The summed E-state index contributed by atoms with van der Waals surface area (Å²) in [7, 11) is 0. The summed E-state index contributed by atoms with van der Waals surface area (Å²) in [5, 5.41) is 2.30. The minimum atomic E-state index is -0.609. The zero-order valence-corrected chi connectivity index (χ0v) is 17.5. The molecule has 0 aromatic heterocycles. The maximum atomic E-state index is 14.2. The van der Waals surface area contributed by atoms with Crippen LogP contribution in [0.2, 0.25) is 5.02 Å². The summed E-state index contributed by atoms with van der Waals surface area (Å²) in [5.74, 6) is -1.33. The molecular formula is C19H27ClFNO3S. The van der Waals surface area contributed by atoms with Crippen molar-refractivity contribution in [3.05, 3.63) is 23.0 Å². The van der Waals surface area contributed by atoms with Gasteiger partial charge in [-0.25, -0.2) is 4.39 Å². The van der Waals surface area contributed by atoms with E-state index in [0.29, 0.717) is 11.5 Å². The van der Waals surface area contributed by atoms with E-state index in [1.165, 1.54) is 17.8 Å². The highest BCUT2D eigenvalue weighted by atomic mass is 35.5. The SMILES string of the molecule is CCCCOC(=O)C(C)Sc1cc(NC(=O)C(C)C(C)C)c(F)cc1Cl. The second kappa shape index (κ2) is 10.8. The second-order valence-electron chi connectivity index (χ2n) is 6.57. The van der Waals surface area contributed by atoms with E-state index in [1.807, 2.05) is 20.8 Å². The van der Waals surface area contributed by atoms with Crippen LogP contribution in [0.1, 0.15) is 47.5 Å². The molecule has 1 aromatic rings. The molecule has 26 heavy (non-hydrogen) atoms. The second-order valence-corrected chi connectivity index (χ2v) is 8.36. The highest BCUT2D eigenvalue weighted by Gasteiger charge is 2.21. The Labute approximate surface area is 164 Å². The normalized spacial score (nSPS) is 13.4. The third kappa shape index (κ3) is 6.80. The molecule has 4 nitrogen and oxygen atoms in total. The van der Waals surface area contributed by atoms with Crippen LogP contribution in [0.4, 0.5) is 10.1 Å². The molecule has 1 N–H and O–H groups in total. The maximum Gasteiger partial charge on any atom is 0.319 e. The average molecular weight is 404 g/mol. The Hall–Kier alpha value is -1.27. The number of amides is 1. The minimum Gasteiger partial charge on any atom is -0.465 e. The lowest BCUT2D eigenvalue weighted by atomic mass is 9.97. The van der Waals surface area contributed by atoms with E-state index in [4.69, 9.17) is 16.3 Å². The van der Waals surface area contributed by atoms with E-state index in [-0.39, 0.29) is 34.4 Å². The summed E-state index contributed by atoms with van der Waals surface area (Å²) in [4.78, 5) is 24.7. The highest BCUT2D eigenvalue weighted by molar-refractivity contribution is 8.00. The van der Waals surface area contributed by atoms with Crippen LogP contribution in [0.25, 0.3) is 0 Å². The first-order valence-corrected chi connectivity index (χ1v) is 10.1.